The first-order chi connectivity index (χ1) is 20.3. The molecule has 1 N–H and O–H groups in total. The Morgan fingerprint density at radius 1 is 1.14 bits per heavy atom. The molecule has 1 atom stereocenters. The number of oxazole rings is 1. The van der Waals surface area contributed by atoms with Crippen LogP contribution in [0, 0.1) is 12.3 Å². The SMILES string of the molecule is Cc1c(-c2ncco2)sc2c1c(=O)n(C(C)(C)C(=O)OC(C)(C)C)c(=O)n2C[C@H](OC1CCC(=N)CC1)c1ccccc1. The number of hydrogen-bond acceptors (Lipinski definition) is 9. The second kappa shape index (κ2) is 11.7. The molecule has 0 amide bonds. The lowest BCUT2D eigenvalue weighted by atomic mass is 9.95. The first kappa shape index (κ1) is 30.6. The predicted octanol–water partition coefficient (Wildman–Crippen LogP) is 5.99. The van der Waals surface area contributed by atoms with Crippen LogP contribution >= 0.6 is 11.3 Å². The average Bonchev–Trinajstić information content (AvgIpc) is 3.59. The largest absolute Gasteiger partial charge is 0.458 e. The summed E-state index contributed by atoms with van der Waals surface area (Å²) in [6.07, 6.45) is 5.18. The van der Waals surface area contributed by atoms with Gasteiger partial charge in [-0.1, -0.05) is 30.3 Å². The molecule has 3 aromatic heterocycles. The first-order valence-electron chi connectivity index (χ1n) is 14.5. The number of esters is 1. The minimum Gasteiger partial charge on any atom is -0.458 e. The van der Waals surface area contributed by atoms with Gasteiger partial charge in [0.1, 0.15) is 28.3 Å². The number of carbonyl (C=O) groups excluding carboxylic acids is 1. The Kier molecular flexibility index (Phi) is 8.32. The topological polar surface area (TPSA) is 129 Å². The summed E-state index contributed by atoms with van der Waals surface area (Å²) < 4.78 is 20.4. The normalized spacial score (nSPS) is 16.9. The highest BCUT2D eigenvalue weighted by Crippen LogP contribution is 2.37. The molecule has 1 aromatic carbocycles. The predicted molar refractivity (Wildman–Crippen MR) is 166 cm³/mol. The molecule has 11 heteroatoms. The summed E-state index contributed by atoms with van der Waals surface area (Å²) in [4.78, 5) is 47.4. The highest BCUT2D eigenvalue weighted by atomic mass is 32.1. The smallest absolute Gasteiger partial charge is 0.333 e. The summed E-state index contributed by atoms with van der Waals surface area (Å²) in [6.45, 7) is 10.2. The Balaban J connectivity index is 1.71. The van der Waals surface area contributed by atoms with E-state index in [4.69, 9.17) is 19.3 Å². The van der Waals surface area contributed by atoms with Gasteiger partial charge in [-0.3, -0.25) is 9.36 Å². The Morgan fingerprint density at radius 2 is 1.81 bits per heavy atom. The van der Waals surface area contributed by atoms with Gasteiger partial charge in [-0.05, 0) is 78.4 Å². The van der Waals surface area contributed by atoms with Crippen molar-refractivity contribution in [1.29, 1.82) is 5.41 Å². The third kappa shape index (κ3) is 6.14. The molecule has 1 aliphatic carbocycles. The lowest BCUT2D eigenvalue weighted by molar-refractivity contribution is -0.164. The standard InChI is InChI=1S/C32H38N4O6S/c1-19-24-27(37)36(32(5,6)29(38)42-31(2,3)4)30(39)35(28(24)43-25(19)26-34-16-17-40-26)18-23(20-10-8-7-9-11-20)41-22-14-12-21(33)13-15-22/h7-11,16-17,22-23,33H,12-15,18H2,1-6H3/t22?,23-/m0/s1. The van der Waals surface area contributed by atoms with Gasteiger partial charge in [-0.2, -0.15) is 0 Å². The summed E-state index contributed by atoms with van der Waals surface area (Å²) in [7, 11) is 0. The van der Waals surface area contributed by atoms with Crippen LogP contribution in [0.25, 0.3) is 21.0 Å². The summed E-state index contributed by atoms with van der Waals surface area (Å²) in [6, 6.07) is 9.67. The zero-order valence-electron chi connectivity index (χ0n) is 25.4. The van der Waals surface area contributed by atoms with Crippen LogP contribution in [0.3, 0.4) is 0 Å². The fourth-order valence-corrected chi connectivity index (χ4v) is 6.64. The molecule has 1 saturated carbocycles. The van der Waals surface area contributed by atoms with Crippen LogP contribution in [0.1, 0.15) is 77.5 Å². The zero-order valence-corrected chi connectivity index (χ0v) is 26.2. The lowest BCUT2D eigenvalue weighted by Gasteiger charge is -2.31. The lowest BCUT2D eigenvalue weighted by Crippen LogP contribution is -2.54. The van der Waals surface area contributed by atoms with E-state index in [-0.39, 0.29) is 12.6 Å². The molecule has 0 saturated heterocycles. The van der Waals surface area contributed by atoms with Crippen LogP contribution in [-0.4, -0.2) is 37.5 Å². The first-order valence-corrected chi connectivity index (χ1v) is 15.3. The molecule has 0 bridgehead atoms. The maximum Gasteiger partial charge on any atom is 0.333 e. The minimum absolute atomic E-state index is 0.0810. The number of ether oxygens (including phenoxy) is 2. The molecule has 4 aromatic rings. The third-order valence-corrected chi connectivity index (χ3v) is 9.01. The Morgan fingerprint density at radius 3 is 2.42 bits per heavy atom. The summed E-state index contributed by atoms with van der Waals surface area (Å²) >= 11 is 1.25. The molecule has 3 heterocycles. The van der Waals surface area contributed by atoms with Crippen molar-refractivity contribution >= 4 is 33.2 Å². The van der Waals surface area contributed by atoms with Crippen molar-refractivity contribution in [3.63, 3.8) is 0 Å². The minimum atomic E-state index is -1.61. The summed E-state index contributed by atoms with van der Waals surface area (Å²) in [5.74, 6) is -0.345. The number of rotatable bonds is 8. The Hall–Kier alpha value is -3.83. The van der Waals surface area contributed by atoms with Crippen LogP contribution in [0.4, 0.5) is 0 Å². The summed E-state index contributed by atoms with van der Waals surface area (Å²) in [5.41, 5.74) is -1.43. The molecule has 10 nitrogen and oxygen atoms in total. The van der Waals surface area contributed by atoms with Crippen molar-refractivity contribution in [2.45, 2.75) is 97.1 Å². The molecular formula is C32H38N4O6S. The van der Waals surface area contributed by atoms with E-state index in [0.717, 1.165) is 28.7 Å². The summed E-state index contributed by atoms with van der Waals surface area (Å²) in [5, 5.41) is 8.33. The number of benzene rings is 1. The van der Waals surface area contributed by atoms with Crippen molar-refractivity contribution < 1.29 is 18.7 Å². The number of aryl methyl sites for hydroxylation is 1. The third-order valence-electron chi connectivity index (χ3n) is 7.71. The van der Waals surface area contributed by atoms with Gasteiger partial charge in [0.05, 0.1) is 29.1 Å². The molecule has 0 radical (unpaired) electrons. The van der Waals surface area contributed by atoms with Crippen LogP contribution in [0.15, 0.2) is 56.8 Å². The number of nitrogens with one attached hydrogen (secondary N) is 1. The van der Waals surface area contributed by atoms with E-state index >= 15 is 0 Å². The van der Waals surface area contributed by atoms with Gasteiger partial charge in [0.2, 0.25) is 5.89 Å². The van der Waals surface area contributed by atoms with E-state index in [2.05, 4.69) is 4.98 Å². The van der Waals surface area contributed by atoms with E-state index in [1.54, 1.807) is 27.7 Å². The van der Waals surface area contributed by atoms with Crippen LogP contribution < -0.4 is 11.2 Å². The van der Waals surface area contributed by atoms with Crippen LogP contribution in [-0.2, 0) is 26.4 Å². The van der Waals surface area contributed by atoms with Gasteiger partial charge in [0.15, 0.2) is 0 Å². The molecule has 1 aliphatic rings. The van der Waals surface area contributed by atoms with Crippen molar-refractivity contribution in [2.75, 3.05) is 0 Å². The number of hydrogen-bond donors (Lipinski definition) is 1. The number of fused-ring (bicyclic) bond motifs is 1. The molecule has 5 rings (SSSR count). The van der Waals surface area contributed by atoms with E-state index in [1.807, 2.05) is 30.3 Å². The van der Waals surface area contributed by atoms with Gasteiger partial charge in [-0.25, -0.2) is 19.1 Å². The maximum atomic E-state index is 14.4. The number of nitrogens with zero attached hydrogens (tertiary/aromatic N) is 3. The van der Waals surface area contributed by atoms with E-state index in [0.29, 0.717) is 39.4 Å². The Bertz CT molecular complexity index is 1750. The average molecular weight is 607 g/mol. The molecule has 0 spiro atoms. The molecule has 0 unspecified atom stereocenters. The van der Waals surface area contributed by atoms with Crippen molar-refractivity contribution in [1.82, 2.24) is 14.1 Å². The fraction of sp³-hybridized carbons (Fsp3) is 0.469. The number of aromatic nitrogens is 3. The van der Waals surface area contributed by atoms with Gasteiger partial charge in [0, 0.05) is 5.71 Å². The van der Waals surface area contributed by atoms with Gasteiger partial charge in [-0.15, -0.1) is 11.3 Å². The number of thiophene rings is 1. The zero-order chi connectivity index (χ0) is 31.1. The second-order valence-electron chi connectivity index (χ2n) is 12.5. The fourth-order valence-electron chi connectivity index (χ4n) is 5.40. The van der Waals surface area contributed by atoms with Crippen LogP contribution in [0.2, 0.25) is 0 Å². The van der Waals surface area contributed by atoms with E-state index < -0.39 is 34.5 Å². The van der Waals surface area contributed by atoms with Crippen LogP contribution in [0.5, 0.6) is 0 Å². The van der Waals surface area contributed by atoms with E-state index in [9.17, 15) is 14.4 Å². The van der Waals surface area contributed by atoms with E-state index in [1.165, 1.54) is 42.2 Å². The second-order valence-corrected chi connectivity index (χ2v) is 13.5. The van der Waals surface area contributed by atoms with Crippen molar-refractivity contribution in [3.05, 3.63) is 74.8 Å². The highest BCUT2D eigenvalue weighted by Gasteiger charge is 2.39. The number of carbonyl (C=O) groups is 1. The van der Waals surface area contributed by atoms with Crippen molar-refractivity contribution in [2.24, 2.45) is 0 Å². The molecule has 43 heavy (non-hydrogen) atoms. The van der Waals surface area contributed by atoms with Crippen molar-refractivity contribution in [3.8, 4) is 10.8 Å². The maximum absolute atomic E-state index is 14.4. The van der Waals surface area contributed by atoms with Gasteiger partial charge >= 0.3 is 11.7 Å². The molecular weight excluding hydrogens is 568 g/mol. The molecule has 0 aliphatic heterocycles. The van der Waals surface area contributed by atoms with Gasteiger partial charge < -0.3 is 19.3 Å². The quantitative estimate of drug-likeness (QED) is 0.244. The Labute approximate surface area is 253 Å². The highest BCUT2D eigenvalue weighted by molar-refractivity contribution is 7.22. The molecule has 1 fully saturated rings. The monoisotopic (exact) mass is 606 g/mol. The van der Waals surface area contributed by atoms with Gasteiger partial charge in [0.25, 0.3) is 5.56 Å². The molecule has 228 valence electrons.